The summed E-state index contributed by atoms with van der Waals surface area (Å²) in [5.74, 6) is -0.761. The molecule has 0 aliphatic heterocycles. The van der Waals surface area contributed by atoms with Crippen molar-refractivity contribution in [3.05, 3.63) is 89.8 Å². The highest BCUT2D eigenvalue weighted by Gasteiger charge is 2.20. The highest BCUT2D eigenvalue weighted by atomic mass is 19.1. The molecule has 0 saturated heterocycles. The molecule has 4 rings (SSSR count). The number of carbonyl (C=O) groups is 1. The van der Waals surface area contributed by atoms with Crippen molar-refractivity contribution in [1.29, 1.82) is 0 Å². The minimum absolute atomic E-state index is 0.0763. The fraction of sp³-hybridized carbons (Fsp3) is 0.130. The summed E-state index contributed by atoms with van der Waals surface area (Å²) in [7, 11) is 0. The Balaban J connectivity index is 1.64. The summed E-state index contributed by atoms with van der Waals surface area (Å²) < 4.78 is 29.4. The molecule has 30 heavy (non-hydrogen) atoms. The Morgan fingerprint density at radius 1 is 1.03 bits per heavy atom. The number of nitrogens with zero attached hydrogens (tertiary/aromatic N) is 2. The quantitative estimate of drug-likeness (QED) is 0.489. The van der Waals surface area contributed by atoms with Crippen molar-refractivity contribution in [1.82, 2.24) is 9.55 Å². The van der Waals surface area contributed by atoms with Crippen molar-refractivity contribution >= 4 is 22.5 Å². The third kappa shape index (κ3) is 4.00. The van der Waals surface area contributed by atoms with E-state index in [-0.39, 0.29) is 42.4 Å². The van der Waals surface area contributed by atoms with E-state index in [4.69, 9.17) is 0 Å². The van der Waals surface area contributed by atoms with Gasteiger partial charge in [0.1, 0.15) is 17.5 Å². The van der Waals surface area contributed by atoms with E-state index in [0.29, 0.717) is 16.9 Å². The van der Waals surface area contributed by atoms with Crippen LogP contribution in [0.1, 0.15) is 17.7 Å². The number of carbonyl (C=O) groups excluding carboxylic acids is 1. The second-order valence-electron chi connectivity index (χ2n) is 6.91. The monoisotopic (exact) mass is 407 g/mol. The van der Waals surface area contributed by atoms with Gasteiger partial charge in [-0.05, 0) is 48.4 Å². The number of hydrogen-bond donors (Lipinski definition) is 2. The van der Waals surface area contributed by atoms with Crippen molar-refractivity contribution in [3.8, 4) is 5.88 Å². The molecule has 0 saturated carbocycles. The van der Waals surface area contributed by atoms with E-state index in [1.165, 1.54) is 24.3 Å². The van der Waals surface area contributed by atoms with Crippen LogP contribution in [0.2, 0.25) is 0 Å². The average Bonchev–Trinajstić information content (AvgIpc) is 3.01. The molecular weight excluding hydrogens is 388 g/mol. The van der Waals surface area contributed by atoms with Crippen molar-refractivity contribution in [2.24, 2.45) is 0 Å². The average molecular weight is 407 g/mol. The molecule has 0 atom stereocenters. The first-order valence-corrected chi connectivity index (χ1v) is 9.47. The number of amides is 1. The topological polar surface area (TPSA) is 67.2 Å². The second-order valence-corrected chi connectivity index (χ2v) is 6.91. The molecule has 0 aliphatic carbocycles. The summed E-state index contributed by atoms with van der Waals surface area (Å²) in [6, 6.07) is 15.5. The van der Waals surface area contributed by atoms with Crippen LogP contribution < -0.4 is 5.32 Å². The van der Waals surface area contributed by atoms with Gasteiger partial charge >= 0.3 is 0 Å². The number of aromatic hydroxyl groups is 1. The third-order valence-electron chi connectivity index (χ3n) is 4.90. The van der Waals surface area contributed by atoms with Gasteiger partial charge in [-0.25, -0.2) is 13.8 Å². The molecule has 0 radical (unpaired) electrons. The van der Waals surface area contributed by atoms with E-state index >= 15 is 0 Å². The normalized spacial score (nSPS) is 11.0. The molecule has 5 nitrogen and oxygen atoms in total. The van der Waals surface area contributed by atoms with Crippen LogP contribution >= 0.6 is 0 Å². The standard InChI is InChI=1S/C23H19F2N3O2/c24-16-9-7-15(8-10-16)14-28-19(22-17(23(28)30)4-3-5-18(22)25)11-12-21(29)27-20-6-1-2-13-26-20/h1-10,13,30H,11-12,14H2,(H,26,27,29). The highest BCUT2D eigenvalue weighted by molar-refractivity contribution is 5.93. The number of halogens is 2. The van der Waals surface area contributed by atoms with E-state index in [1.807, 2.05) is 0 Å². The number of hydrogen-bond acceptors (Lipinski definition) is 3. The Morgan fingerprint density at radius 2 is 1.83 bits per heavy atom. The van der Waals surface area contributed by atoms with Gasteiger partial charge in [-0.15, -0.1) is 0 Å². The van der Waals surface area contributed by atoms with E-state index < -0.39 is 5.82 Å². The first kappa shape index (κ1) is 19.6. The summed E-state index contributed by atoms with van der Waals surface area (Å²) in [6.07, 6.45) is 1.86. The maximum atomic E-state index is 14.6. The van der Waals surface area contributed by atoms with Crippen molar-refractivity contribution in [2.75, 3.05) is 5.32 Å². The van der Waals surface area contributed by atoms with Crippen molar-refractivity contribution in [2.45, 2.75) is 19.4 Å². The lowest BCUT2D eigenvalue weighted by molar-refractivity contribution is -0.116. The zero-order valence-corrected chi connectivity index (χ0v) is 16.0. The smallest absolute Gasteiger partial charge is 0.225 e. The molecule has 2 N–H and O–H groups in total. The van der Waals surface area contributed by atoms with E-state index in [0.717, 1.165) is 5.56 Å². The predicted molar refractivity (Wildman–Crippen MR) is 110 cm³/mol. The Kier molecular flexibility index (Phi) is 5.43. The van der Waals surface area contributed by atoms with Crippen LogP contribution in [0.3, 0.4) is 0 Å². The molecule has 2 heterocycles. The lowest BCUT2D eigenvalue weighted by Crippen LogP contribution is -2.14. The number of fused-ring (bicyclic) bond motifs is 1. The SMILES string of the molecule is O=C(CCc1c2c(F)cccc2c(O)n1Cc1ccc(F)cc1)Nc1ccccn1. The highest BCUT2D eigenvalue weighted by Crippen LogP contribution is 2.34. The number of rotatable bonds is 6. The van der Waals surface area contributed by atoms with Crippen molar-refractivity contribution < 1.29 is 18.7 Å². The van der Waals surface area contributed by atoms with Gasteiger partial charge < -0.3 is 15.0 Å². The van der Waals surface area contributed by atoms with Crippen LogP contribution in [0.15, 0.2) is 66.9 Å². The Morgan fingerprint density at radius 3 is 2.57 bits per heavy atom. The summed E-state index contributed by atoms with van der Waals surface area (Å²) in [5.41, 5.74) is 1.24. The van der Waals surface area contributed by atoms with Gasteiger partial charge in [0.15, 0.2) is 5.88 Å². The van der Waals surface area contributed by atoms with E-state index in [2.05, 4.69) is 10.3 Å². The summed E-state index contributed by atoms with van der Waals surface area (Å²) in [6.45, 7) is 0.220. The predicted octanol–water partition coefficient (Wildman–Crippen LogP) is 4.64. The molecule has 7 heteroatoms. The molecule has 0 fully saturated rings. The van der Waals surface area contributed by atoms with Gasteiger partial charge in [0.2, 0.25) is 5.91 Å². The van der Waals surface area contributed by atoms with Gasteiger partial charge in [0.05, 0.1) is 6.54 Å². The largest absolute Gasteiger partial charge is 0.494 e. The summed E-state index contributed by atoms with van der Waals surface area (Å²) in [4.78, 5) is 16.4. The minimum Gasteiger partial charge on any atom is -0.494 e. The molecule has 0 spiro atoms. The van der Waals surface area contributed by atoms with Crippen molar-refractivity contribution in [3.63, 3.8) is 0 Å². The number of aromatic nitrogens is 2. The number of nitrogens with one attached hydrogen (secondary N) is 1. The van der Waals surface area contributed by atoms with Crippen LogP contribution in [0.5, 0.6) is 5.88 Å². The molecule has 0 aliphatic rings. The van der Waals surface area contributed by atoms with Gasteiger partial charge in [-0.3, -0.25) is 4.79 Å². The molecule has 0 unspecified atom stereocenters. The molecular formula is C23H19F2N3O2. The van der Waals surface area contributed by atoms with E-state index in [1.54, 1.807) is 47.2 Å². The molecule has 1 amide bonds. The first-order valence-electron chi connectivity index (χ1n) is 9.47. The van der Waals surface area contributed by atoms with Crippen LogP contribution in [-0.2, 0) is 17.8 Å². The fourth-order valence-electron chi connectivity index (χ4n) is 3.49. The molecule has 2 aromatic carbocycles. The molecule has 2 aromatic heterocycles. The zero-order valence-electron chi connectivity index (χ0n) is 16.0. The van der Waals surface area contributed by atoms with Gasteiger partial charge in [-0.1, -0.05) is 24.3 Å². The fourth-order valence-corrected chi connectivity index (χ4v) is 3.49. The Bertz CT molecular complexity index is 1190. The zero-order chi connectivity index (χ0) is 21.1. The lowest BCUT2D eigenvalue weighted by atomic mass is 10.1. The number of pyridine rings is 1. The maximum absolute atomic E-state index is 14.6. The molecule has 4 aromatic rings. The van der Waals surface area contributed by atoms with Crippen LogP contribution in [-0.4, -0.2) is 20.6 Å². The second kappa shape index (κ2) is 8.32. The summed E-state index contributed by atoms with van der Waals surface area (Å²) in [5, 5.41) is 14.1. The minimum atomic E-state index is -0.471. The Hall–Kier alpha value is -3.74. The third-order valence-corrected chi connectivity index (χ3v) is 4.90. The van der Waals surface area contributed by atoms with E-state index in [9.17, 15) is 18.7 Å². The van der Waals surface area contributed by atoms with Gasteiger partial charge in [0.25, 0.3) is 0 Å². The number of aryl methyl sites for hydroxylation is 1. The number of benzene rings is 2. The molecule has 152 valence electrons. The lowest BCUT2D eigenvalue weighted by Gasteiger charge is -2.11. The molecule has 0 bridgehead atoms. The summed E-state index contributed by atoms with van der Waals surface area (Å²) >= 11 is 0. The first-order chi connectivity index (χ1) is 14.5. The van der Waals surface area contributed by atoms with Crippen LogP contribution in [0.4, 0.5) is 14.6 Å². The van der Waals surface area contributed by atoms with Gasteiger partial charge in [-0.2, -0.15) is 0 Å². The maximum Gasteiger partial charge on any atom is 0.225 e. The van der Waals surface area contributed by atoms with Crippen LogP contribution in [0.25, 0.3) is 10.8 Å². The van der Waals surface area contributed by atoms with Gasteiger partial charge in [0, 0.05) is 29.1 Å². The van der Waals surface area contributed by atoms with Crippen LogP contribution in [0, 0.1) is 11.6 Å². The Labute approximate surface area is 171 Å². The number of anilines is 1.